The molecular formula is C24H28FN3O4. The Morgan fingerprint density at radius 2 is 1.84 bits per heavy atom. The van der Waals surface area contributed by atoms with Gasteiger partial charge in [-0.05, 0) is 55.1 Å². The van der Waals surface area contributed by atoms with Crippen LogP contribution in [0.1, 0.15) is 30.4 Å². The van der Waals surface area contributed by atoms with Gasteiger partial charge in [-0.1, -0.05) is 30.3 Å². The van der Waals surface area contributed by atoms with Crippen molar-refractivity contribution < 1.29 is 24.2 Å². The largest absolute Gasteiger partial charge is 0.382 e. The van der Waals surface area contributed by atoms with Crippen LogP contribution in [0.15, 0.2) is 42.5 Å². The van der Waals surface area contributed by atoms with E-state index in [1.54, 1.807) is 6.07 Å². The normalized spacial score (nSPS) is 15.0. The zero-order valence-corrected chi connectivity index (χ0v) is 18.0. The van der Waals surface area contributed by atoms with Crippen LogP contribution in [0.25, 0.3) is 11.1 Å². The number of nitrogens with zero attached hydrogens (tertiary/aromatic N) is 2. The van der Waals surface area contributed by atoms with Crippen molar-refractivity contribution in [1.29, 1.82) is 5.26 Å². The van der Waals surface area contributed by atoms with Crippen LogP contribution in [-0.4, -0.2) is 59.7 Å². The molecule has 1 heterocycles. The Bertz CT molecular complexity index is 937. The molecule has 0 spiro atoms. The van der Waals surface area contributed by atoms with Crippen LogP contribution >= 0.6 is 0 Å². The second-order valence-electron chi connectivity index (χ2n) is 7.49. The van der Waals surface area contributed by atoms with E-state index in [0.717, 1.165) is 36.9 Å². The van der Waals surface area contributed by atoms with E-state index in [9.17, 15) is 19.1 Å². The Labute approximate surface area is 187 Å². The van der Waals surface area contributed by atoms with Gasteiger partial charge in [0, 0.05) is 19.6 Å². The third-order valence-electron chi connectivity index (χ3n) is 5.13. The first kappa shape index (κ1) is 25.1. The second kappa shape index (κ2) is 12.7. The molecule has 2 unspecified atom stereocenters. The molecule has 1 aliphatic heterocycles. The van der Waals surface area contributed by atoms with E-state index < -0.39 is 18.1 Å². The average Bonchev–Trinajstić information content (AvgIpc) is 2.84. The van der Waals surface area contributed by atoms with Crippen molar-refractivity contribution in [3.63, 3.8) is 0 Å². The Morgan fingerprint density at radius 3 is 2.41 bits per heavy atom. The van der Waals surface area contributed by atoms with E-state index in [2.05, 4.69) is 5.32 Å². The van der Waals surface area contributed by atoms with E-state index in [-0.39, 0.29) is 12.1 Å². The van der Waals surface area contributed by atoms with Crippen LogP contribution in [0.5, 0.6) is 0 Å². The second-order valence-corrected chi connectivity index (χ2v) is 7.49. The first-order chi connectivity index (χ1) is 15.4. The number of hydrogen-bond acceptors (Lipinski definition) is 6. The Balaban J connectivity index is 0.000000235. The van der Waals surface area contributed by atoms with Crippen LogP contribution in [0.3, 0.4) is 0 Å². The summed E-state index contributed by atoms with van der Waals surface area (Å²) in [6.07, 6.45) is -0.136. The number of piperidine rings is 1. The van der Waals surface area contributed by atoms with Gasteiger partial charge in [-0.25, -0.2) is 4.39 Å². The summed E-state index contributed by atoms with van der Waals surface area (Å²) in [5.74, 6) is -0.939. The van der Waals surface area contributed by atoms with Gasteiger partial charge in [0.15, 0.2) is 12.4 Å². The molecule has 2 atom stereocenters. The summed E-state index contributed by atoms with van der Waals surface area (Å²) in [6.45, 7) is 2.00. The van der Waals surface area contributed by atoms with E-state index in [1.165, 1.54) is 22.6 Å². The Morgan fingerprint density at radius 1 is 1.19 bits per heavy atom. The lowest BCUT2D eigenvalue weighted by molar-refractivity contribution is -0.149. The number of nitrogens with one attached hydrogen (secondary N) is 1. The lowest BCUT2D eigenvalue weighted by Gasteiger charge is -2.29. The van der Waals surface area contributed by atoms with Crippen LogP contribution in [0.2, 0.25) is 0 Å². The smallest absolute Gasteiger partial charge is 0.254 e. The number of likely N-dealkylation sites (tertiary alicyclic amines) is 1. The zero-order chi connectivity index (χ0) is 23.5. The number of carbonyl (C=O) groups excluding carboxylic acids is 2. The minimum Gasteiger partial charge on any atom is -0.382 e. The van der Waals surface area contributed by atoms with Crippen molar-refractivity contribution in [3.05, 3.63) is 59.4 Å². The van der Waals surface area contributed by atoms with Gasteiger partial charge in [-0.2, -0.15) is 5.26 Å². The molecule has 170 valence electrons. The van der Waals surface area contributed by atoms with Gasteiger partial charge in [0.25, 0.3) is 5.91 Å². The number of hydrogen-bond donors (Lipinski definition) is 3. The first-order valence-electron chi connectivity index (χ1n) is 10.4. The molecule has 3 rings (SSSR count). The number of carbonyl (C=O) groups is 2. The maximum atomic E-state index is 13.1. The average molecular weight is 442 g/mol. The minimum atomic E-state index is -1.61. The third-order valence-corrected chi connectivity index (χ3v) is 5.13. The molecule has 32 heavy (non-hydrogen) atoms. The monoisotopic (exact) mass is 441 g/mol. The van der Waals surface area contributed by atoms with Crippen LogP contribution in [-0.2, 0) is 16.1 Å². The number of aliphatic hydroxyl groups excluding tert-OH is 2. The van der Waals surface area contributed by atoms with Crippen molar-refractivity contribution in [3.8, 4) is 17.2 Å². The molecule has 1 aliphatic rings. The van der Waals surface area contributed by atoms with Gasteiger partial charge >= 0.3 is 0 Å². The van der Waals surface area contributed by atoms with Crippen molar-refractivity contribution in [2.75, 3.05) is 20.1 Å². The number of rotatable bonds is 6. The fourth-order valence-electron chi connectivity index (χ4n) is 3.39. The molecule has 3 N–H and O–H groups in total. The molecular weight excluding hydrogens is 413 g/mol. The topological polar surface area (TPSA) is 114 Å². The van der Waals surface area contributed by atoms with Crippen LogP contribution < -0.4 is 5.32 Å². The van der Waals surface area contributed by atoms with Gasteiger partial charge in [-0.15, -0.1) is 0 Å². The van der Waals surface area contributed by atoms with E-state index in [4.69, 9.17) is 10.4 Å². The summed E-state index contributed by atoms with van der Waals surface area (Å²) in [6, 6.07) is 14.2. The molecule has 0 aliphatic carbocycles. The highest BCUT2D eigenvalue weighted by atomic mass is 19.1. The van der Waals surface area contributed by atoms with Crippen molar-refractivity contribution in [2.45, 2.75) is 38.0 Å². The maximum Gasteiger partial charge on any atom is 0.254 e. The van der Waals surface area contributed by atoms with Crippen LogP contribution in [0.4, 0.5) is 4.39 Å². The predicted octanol–water partition coefficient (Wildman–Crippen LogP) is 2.00. The van der Waals surface area contributed by atoms with Gasteiger partial charge < -0.3 is 25.2 Å². The summed E-state index contributed by atoms with van der Waals surface area (Å²) < 4.78 is 13.1. The molecule has 7 nitrogen and oxygen atoms in total. The molecule has 0 bridgehead atoms. The molecule has 1 amide bonds. The number of amides is 1. The molecule has 0 radical (unpaired) electrons. The quantitative estimate of drug-likeness (QED) is 0.591. The minimum absolute atomic E-state index is 0.173. The molecule has 2 aromatic carbocycles. The number of nitriles is 1. The summed E-state index contributed by atoms with van der Waals surface area (Å²) in [5, 5.41) is 30.3. The third kappa shape index (κ3) is 6.95. The zero-order valence-electron chi connectivity index (χ0n) is 18.0. The lowest BCUT2D eigenvalue weighted by Crippen LogP contribution is -2.47. The van der Waals surface area contributed by atoms with E-state index >= 15 is 0 Å². The molecule has 8 heteroatoms. The van der Waals surface area contributed by atoms with Gasteiger partial charge in [0.2, 0.25) is 0 Å². The number of benzene rings is 2. The molecule has 1 fully saturated rings. The lowest BCUT2D eigenvalue weighted by atomic mass is 9.99. The van der Waals surface area contributed by atoms with Crippen molar-refractivity contribution in [1.82, 2.24) is 10.2 Å². The highest BCUT2D eigenvalue weighted by molar-refractivity contribution is 5.84. The number of halogens is 1. The van der Waals surface area contributed by atoms with E-state index in [0.29, 0.717) is 18.7 Å². The molecule has 0 saturated carbocycles. The molecule has 1 saturated heterocycles. The van der Waals surface area contributed by atoms with Crippen LogP contribution in [0, 0.1) is 17.1 Å². The highest BCUT2D eigenvalue weighted by Gasteiger charge is 2.28. The highest BCUT2D eigenvalue weighted by Crippen LogP contribution is 2.24. The summed E-state index contributed by atoms with van der Waals surface area (Å²) in [4.78, 5) is 23.1. The maximum absolute atomic E-state index is 13.1. The first-order valence-corrected chi connectivity index (χ1v) is 10.4. The van der Waals surface area contributed by atoms with E-state index in [1.807, 2.05) is 37.4 Å². The molecule has 2 aromatic rings. The number of aliphatic hydroxyl groups is 2. The Kier molecular flexibility index (Phi) is 9.95. The molecule has 0 aromatic heterocycles. The SMILES string of the molecule is CNCc1ccc(-c2ccc(F)cc2C#N)cc1.O=CC(O)C(O)C(=O)N1CCCCC1. The van der Waals surface area contributed by atoms with Gasteiger partial charge in [-0.3, -0.25) is 4.79 Å². The summed E-state index contributed by atoms with van der Waals surface area (Å²) in [7, 11) is 1.89. The van der Waals surface area contributed by atoms with Crippen molar-refractivity contribution in [2.24, 2.45) is 0 Å². The van der Waals surface area contributed by atoms with Gasteiger partial charge in [0.1, 0.15) is 11.9 Å². The standard InChI is InChI=1S/C15H13FN2.C9H15NO4/c1-18-10-11-2-4-12(5-3-11)15-7-6-14(16)8-13(15)9-17;11-6-7(12)8(13)9(14)10-4-2-1-3-5-10/h2-8,18H,10H2,1H3;6-8,12-13H,1-5H2. The fourth-order valence-corrected chi connectivity index (χ4v) is 3.39. The summed E-state index contributed by atoms with van der Waals surface area (Å²) in [5.41, 5.74) is 3.21. The fraction of sp³-hybridized carbons (Fsp3) is 0.375. The van der Waals surface area contributed by atoms with Crippen molar-refractivity contribution >= 4 is 12.2 Å². The summed E-state index contributed by atoms with van der Waals surface area (Å²) >= 11 is 0. The Hall–Kier alpha value is -3.12. The predicted molar refractivity (Wildman–Crippen MR) is 118 cm³/mol. The van der Waals surface area contributed by atoms with Gasteiger partial charge in [0.05, 0.1) is 11.6 Å². The number of aldehydes is 1.